The predicted molar refractivity (Wildman–Crippen MR) is 364 cm³/mol. The summed E-state index contributed by atoms with van der Waals surface area (Å²) >= 11 is -0.533. The molecule has 34 N–H and O–H groups in total. The average Bonchev–Trinajstić information content (AvgIpc) is 0.747. The van der Waals surface area contributed by atoms with Crippen LogP contribution in [-0.2, 0) is 43.2 Å². The molecule has 104 heavy (non-hydrogen) atoms. The molecule has 37 nitrogen and oxygen atoms in total. The Morgan fingerprint density at radius 1 is 0.385 bits per heavy atom. The molecule has 2 aromatic carbocycles. The zero-order valence-electron chi connectivity index (χ0n) is 55.9. The van der Waals surface area contributed by atoms with Gasteiger partial charge in [-0.25, -0.2) is 35.1 Å². The van der Waals surface area contributed by atoms with E-state index in [4.69, 9.17) is 66.9 Å². The molecular weight excluding hydrogens is 1440 g/mol. The average molecular weight is 1530 g/mol. The Balaban J connectivity index is 2.46. The number of hydrogen-bond donors (Lipinski definition) is 28. The molecule has 3 aliphatic rings. The molecule has 0 radical (unpaired) electrons. The zero-order valence-corrected chi connectivity index (χ0v) is 57.5. The second kappa shape index (κ2) is 44.2. The van der Waals surface area contributed by atoms with Gasteiger partial charge in [0.05, 0.1) is 27.5 Å². The summed E-state index contributed by atoms with van der Waals surface area (Å²) in [6.45, 7) is -0.587. The highest BCUT2D eigenvalue weighted by Crippen LogP contribution is 2.42. The fraction of sp³-hybridized carbons (Fsp3) is 0.526. The molecule has 3 heterocycles. The van der Waals surface area contributed by atoms with Gasteiger partial charge in [-0.1, -0.05) is 0 Å². The maximum atomic E-state index is 16.2. The van der Waals surface area contributed by atoms with Gasteiger partial charge in [0, 0.05) is 50.8 Å². The normalized spacial score (nSPS) is 19.7. The largest absolute Gasteiger partial charge is 0.370 e. The molecule has 0 fully saturated rings. The van der Waals surface area contributed by atoms with Gasteiger partial charge in [-0.3, -0.25) is 75.6 Å². The number of guanidine groups is 6. The van der Waals surface area contributed by atoms with E-state index < -0.39 is 235 Å². The number of nitrogens with one attached hydrogen (secondary N) is 21. The Morgan fingerprint density at radius 2 is 0.615 bits per heavy atom. The summed E-state index contributed by atoms with van der Waals surface area (Å²) in [6.07, 6.45) is -2.98. The van der Waals surface area contributed by atoms with Gasteiger partial charge in [-0.15, -0.1) is 23.5 Å². The molecule has 0 aromatic heterocycles. The summed E-state index contributed by atoms with van der Waals surface area (Å²) in [5.74, 6) is -36.6. The van der Waals surface area contributed by atoms with E-state index in [-0.39, 0.29) is 127 Å². The van der Waals surface area contributed by atoms with Gasteiger partial charge in [-0.05, 0) is 84.0 Å². The Morgan fingerprint density at radius 3 is 0.846 bits per heavy atom. The second-order valence-electron chi connectivity index (χ2n) is 23.0. The summed E-state index contributed by atoms with van der Waals surface area (Å²) < 4.78 is 129. The lowest BCUT2D eigenvalue weighted by Crippen LogP contribution is -2.60. The standard InChI is InChI=1S/C57H87F8N27O10S2/c1-23(93)20-84-44(94)30-21-103-42-38(62)34(58)32(35(59)39(42)63)33-36(60)40(64)43(41(65)37(33)61)104-22-31(92-102)51(101)90-28(12-6-18-82-56(74)75)49(99)88-26(10-4-16-80-54(70)71)47(97)86-24(8-2-14-78-52(66)67)45(95)85-25(9-3-15-79-53(68)69)46(96)87-27(11-5-17-81-55(72)73)48(98)89-29(50(100)91-30)13-7-19-83-57(76)77/h24-31,92,102H,2-22H2,1H3,(H,84,94)(H,85,95)(H,86,97)(H,87,96)(H,88,99)(H,89,98)(H,90,101)(H,91,100)(H4,66,67,78)(H4,68,69,79)(H4,70,71,80)(H4,72,73,81)(H4,74,75,82)(H4,76,77,83). The molecule has 0 saturated heterocycles. The van der Waals surface area contributed by atoms with Crippen LogP contribution in [0, 0.1) is 79.0 Å². The summed E-state index contributed by atoms with van der Waals surface area (Å²) in [7, 11) is 0. The Labute approximate surface area is 597 Å². The maximum Gasteiger partial charge on any atom is 0.243 e. The highest BCUT2D eigenvalue weighted by molar-refractivity contribution is 7.99. The van der Waals surface area contributed by atoms with Crippen molar-refractivity contribution in [3.05, 3.63) is 46.5 Å². The third kappa shape index (κ3) is 29.1. The zero-order chi connectivity index (χ0) is 78.1. The van der Waals surface area contributed by atoms with Crippen LogP contribution in [0.1, 0.15) is 84.0 Å². The molecule has 8 amide bonds. The number of nitrogens with two attached hydrogens (primary N) is 6. The highest BCUT2D eigenvalue weighted by atomic mass is 32.2. The van der Waals surface area contributed by atoms with Gasteiger partial charge < -0.3 is 114 Å². The monoisotopic (exact) mass is 1530 g/mol. The van der Waals surface area contributed by atoms with Crippen LogP contribution in [-0.4, -0.2) is 200 Å². The van der Waals surface area contributed by atoms with Crippen molar-refractivity contribution in [2.75, 3.05) is 57.3 Å². The van der Waals surface area contributed by atoms with Crippen LogP contribution < -0.4 is 114 Å². The summed E-state index contributed by atoms with van der Waals surface area (Å²) in [6, 6.07) is -14.8. The van der Waals surface area contributed by atoms with Crippen molar-refractivity contribution in [2.45, 2.75) is 142 Å². The van der Waals surface area contributed by atoms with Crippen LogP contribution in [0.25, 0.3) is 11.1 Å². The van der Waals surface area contributed by atoms with Gasteiger partial charge in [0.15, 0.2) is 82.3 Å². The molecular formula is C57H87F8N27O10S2. The second-order valence-corrected chi connectivity index (χ2v) is 25.0. The van der Waals surface area contributed by atoms with Gasteiger partial charge in [-0.2, -0.15) is 5.48 Å². The van der Waals surface area contributed by atoms with Crippen molar-refractivity contribution in [1.29, 1.82) is 32.5 Å². The lowest BCUT2D eigenvalue weighted by molar-refractivity contribution is -0.136. The number of ketones is 1. The number of halogens is 8. The minimum Gasteiger partial charge on any atom is -0.370 e. The topological polar surface area (TPSA) is 654 Å². The SMILES string of the molecule is CC(=O)CNC(=O)C1CSc2c(F)c(F)c(c(F)c2F)-c2c(F)c(F)c(c(F)c2F)SCC(NO)C(=O)NC(CCCNC(=N)N)C(=O)NC(CCCNC(=N)N)C(=O)NC(CCCNC(=N)N)C(=O)NC(CCCNC(=N)N)C(=O)NC(CCCNC(=N)N)C(=O)NC(CCCNC(=N)N)C(=O)N1. The summed E-state index contributed by atoms with van der Waals surface area (Å²) in [5, 5.41) is 89.8. The molecule has 5 rings (SSSR count). The van der Waals surface area contributed by atoms with Crippen LogP contribution >= 0.6 is 23.5 Å². The third-order valence-corrected chi connectivity index (χ3v) is 17.1. The number of carbonyl (C=O) groups is 9. The van der Waals surface area contributed by atoms with Crippen LogP contribution in [0.15, 0.2) is 9.79 Å². The number of rotatable bonds is 28. The van der Waals surface area contributed by atoms with E-state index in [0.29, 0.717) is 0 Å². The molecule has 0 saturated carbocycles. The van der Waals surface area contributed by atoms with Gasteiger partial charge in [0.2, 0.25) is 47.3 Å². The molecule has 2 aromatic rings. The van der Waals surface area contributed by atoms with Crippen molar-refractivity contribution in [3.63, 3.8) is 0 Å². The van der Waals surface area contributed by atoms with Crippen molar-refractivity contribution in [1.82, 2.24) is 79.9 Å². The highest BCUT2D eigenvalue weighted by Gasteiger charge is 2.39. The number of hydroxylamine groups is 1. The predicted octanol–water partition coefficient (Wildman–Crippen LogP) is -4.31. The number of benzene rings is 2. The molecule has 3 aliphatic heterocycles. The smallest absolute Gasteiger partial charge is 0.243 e. The van der Waals surface area contributed by atoms with Gasteiger partial charge in [0.1, 0.15) is 54.1 Å². The molecule has 0 spiro atoms. The van der Waals surface area contributed by atoms with Crippen LogP contribution in [0.2, 0.25) is 0 Å². The van der Waals surface area contributed by atoms with Gasteiger partial charge >= 0.3 is 0 Å². The number of hydrogen-bond acceptors (Lipinski definition) is 19. The molecule has 8 unspecified atom stereocenters. The van der Waals surface area contributed by atoms with E-state index in [9.17, 15) is 48.4 Å². The minimum atomic E-state index is -2.67. The molecule has 47 heteroatoms. The van der Waals surface area contributed by atoms with Crippen LogP contribution in [0.3, 0.4) is 0 Å². The van der Waals surface area contributed by atoms with Crippen LogP contribution in [0.4, 0.5) is 35.1 Å². The molecule has 578 valence electrons. The number of carbonyl (C=O) groups excluding carboxylic acids is 9. The minimum absolute atomic E-state index is 0.0737. The summed E-state index contributed by atoms with van der Waals surface area (Å²) in [5.41, 5.74) is 29.6. The van der Waals surface area contributed by atoms with E-state index in [2.05, 4.69) is 74.4 Å². The molecule has 0 aliphatic carbocycles. The number of Topliss-reactive ketones (excluding diaryl/α,β-unsaturated/α-hetero) is 1. The molecule has 8 atom stereocenters. The van der Waals surface area contributed by atoms with E-state index in [1.54, 1.807) is 0 Å². The Kier molecular flexibility index (Phi) is 37.3. The first-order valence-electron chi connectivity index (χ1n) is 31.8. The maximum absolute atomic E-state index is 16.2. The summed E-state index contributed by atoms with van der Waals surface area (Å²) in [4.78, 5) is 124. The molecule has 4 bridgehead atoms. The van der Waals surface area contributed by atoms with Crippen molar-refractivity contribution < 1.29 is 83.5 Å². The number of fused-ring (bicyclic) bond motifs is 2. The van der Waals surface area contributed by atoms with Crippen LogP contribution in [0.5, 0.6) is 0 Å². The van der Waals surface area contributed by atoms with E-state index >= 15 is 35.1 Å². The van der Waals surface area contributed by atoms with E-state index in [0.717, 1.165) is 6.92 Å². The third-order valence-electron chi connectivity index (χ3n) is 14.8. The fourth-order valence-electron chi connectivity index (χ4n) is 9.63. The fourth-order valence-corrected chi connectivity index (χ4v) is 11.6. The Bertz CT molecular complexity index is 3430. The van der Waals surface area contributed by atoms with Crippen molar-refractivity contribution in [2.24, 2.45) is 34.4 Å². The van der Waals surface area contributed by atoms with E-state index in [1.807, 2.05) is 0 Å². The first-order chi connectivity index (χ1) is 49.0. The number of amides is 8. The first-order valence-corrected chi connectivity index (χ1v) is 33.7. The van der Waals surface area contributed by atoms with Crippen molar-refractivity contribution in [3.8, 4) is 11.1 Å². The van der Waals surface area contributed by atoms with Gasteiger partial charge in [0.25, 0.3) is 0 Å². The quantitative estimate of drug-likeness (QED) is 0.00957. The lowest BCUT2D eigenvalue weighted by Gasteiger charge is -2.28. The van der Waals surface area contributed by atoms with Crippen molar-refractivity contribution >= 4 is 112 Å². The van der Waals surface area contributed by atoms with E-state index in [1.165, 1.54) is 5.48 Å². The number of thioether (sulfide) groups is 2. The first kappa shape index (κ1) is 87.8. The Hall–Kier alpha value is -10.4. The lowest BCUT2D eigenvalue weighted by atomic mass is 10.0.